The van der Waals surface area contributed by atoms with Crippen molar-refractivity contribution in [2.75, 3.05) is 19.4 Å². The first-order valence-electron chi connectivity index (χ1n) is 8.70. The largest absolute Gasteiger partial charge is 0.489 e. The Kier molecular flexibility index (Phi) is 7.44. The Morgan fingerprint density at radius 3 is 2.90 bits per heavy atom. The van der Waals surface area contributed by atoms with Gasteiger partial charge in [-0.25, -0.2) is 4.98 Å². The van der Waals surface area contributed by atoms with E-state index in [4.69, 9.17) is 27.9 Å². The third-order valence-electron chi connectivity index (χ3n) is 4.02. The Hall–Kier alpha value is -2.19. The molecule has 1 aromatic heterocycles. The van der Waals surface area contributed by atoms with Crippen LogP contribution in [-0.4, -0.2) is 46.1 Å². The summed E-state index contributed by atoms with van der Waals surface area (Å²) in [6.45, 7) is -0.00507. The summed E-state index contributed by atoms with van der Waals surface area (Å²) < 4.78 is 7.38. The number of carbonyl (C=O) groups is 1. The maximum Gasteiger partial charge on any atom is 0.251 e. The summed E-state index contributed by atoms with van der Waals surface area (Å²) in [5, 5.41) is 14.3. The smallest absolute Gasteiger partial charge is 0.251 e. The number of ether oxygens (including phenoxy) is 1. The Labute approximate surface area is 182 Å². The van der Waals surface area contributed by atoms with Gasteiger partial charge in [-0.3, -0.25) is 9.36 Å². The van der Waals surface area contributed by atoms with E-state index in [9.17, 15) is 9.90 Å². The first-order valence-corrected chi connectivity index (χ1v) is 10.7. The van der Waals surface area contributed by atoms with Crippen LogP contribution in [0.5, 0.6) is 5.75 Å². The number of amides is 1. The molecule has 0 spiro atoms. The Morgan fingerprint density at radius 2 is 2.10 bits per heavy atom. The van der Waals surface area contributed by atoms with Gasteiger partial charge >= 0.3 is 0 Å². The van der Waals surface area contributed by atoms with E-state index in [2.05, 4.69) is 10.3 Å². The number of hydrogen-bond donors (Lipinski definition) is 2. The minimum atomic E-state index is -0.908. The van der Waals surface area contributed by atoms with Crippen LogP contribution in [0.4, 0.5) is 0 Å². The van der Waals surface area contributed by atoms with Crippen LogP contribution >= 0.6 is 35.0 Å². The van der Waals surface area contributed by atoms with Crippen molar-refractivity contribution >= 4 is 40.9 Å². The van der Waals surface area contributed by atoms with E-state index < -0.39 is 6.10 Å². The molecule has 0 saturated heterocycles. The SMILES string of the molecule is CSc1nccn1-c1cccc(C(=O)NCC(O)COc2cccc(Cl)c2Cl)c1. The standard InChI is InChI=1S/C20H19Cl2N3O3S/c1-29-20-23-8-9-25(20)14-5-2-4-13(10-14)19(27)24-11-15(26)12-28-17-7-3-6-16(21)18(17)22/h2-10,15,26H,11-12H2,1H3,(H,24,27). The van der Waals surface area contributed by atoms with E-state index in [-0.39, 0.29) is 24.1 Å². The van der Waals surface area contributed by atoms with Crippen LogP contribution in [-0.2, 0) is 0 Å². The van der Waals surface area contributed by atoms with Gasteiger partial charge in [0.15, 0.2) is 5.16 Å². The molecule has 6 nitrogen and oxygen atoms in total. The molecule has 152 valence electrons. The number of benzene rings is 2. The second-order valence-corrected chi connectivity index (χ2v) is 7.62. The maximum absolute atomic E-state index is 12.5. The highest BCUT2D eigenvalue weighted by Gasteiger charge is 2.13. The minimum absolute atomic E-state index is 0.0301. The van der Waals surface area contributed by atoms with Crippen molar-refractivity contribution < 1.29 is 14.6 Å². The van der Waals surface area contributed by atoms with Gasteiger partial charge in [-0.15, -0.1) is 0 Å². The van der Waals surface area contributed by atoms with Gasteiger partial charge in [0.25, 0.3) is 5.91 Å². The van der Waals surface area contributed by atoms with Crippen LogP contribution in [0.1, 0.15) is 10.4 Å². The van der Waals surface area contributed by atoms with Crippen LogP contribution in [0.2, 0.25) is 10.0 Å². The summed E-state index contributed by atoms with van der Waals surface area (Å²) in [5.41, 5.74) is 1.31. The second-order valence-electron chi connectivity index (χ2n) is 6.06. The van der Waals surface area contributed by atoms with Crippen LogP contribution in [0, 0.1) is 0 Å². The van der Waals surface area contributed by atoms with Gasteiger partial charge in [0.05, 0.1) is 5.02 Å². The van der Waals surface area contributed by atoms with Crippen molar-refractivity contribution in [3.63, 3.8) is 0 Å². The van der Waals surface area contributed by atoms with Crippen molar-refractivity contribution in [3.05, 3.63) is 70.5 Å². The molecular formula is C20H19Cl2N3O3S. The Bertz CT molecular complexity index is 997. The van der Waals surface area contributed by atoms with Crippen molar-refractivity contribution in [3.8, 4) is 11.4 Å². The van der Waals surface area contributed by atoms with Gasteiger partial charge in [0, 0.05) is 30.2 Å². The van der Waals surface area contributed by atoms with Crippen molar-refractivity contribution in [1.29, 1.82) is 0 Å². The first kappa shape index (κ1) is 21.5. The summed E-state index contributed by atoms with van der Waals surface area (Å²) >= 11 is 13.5. The Morgan fingerprint density at radius 1 is 1.31 bits per heavy atom. The number of imidazole rings is 1. The highest BCUT2D eigenvalue weighted by atomic mass is 35.5. The summed E-state index contributed by atoms with van der Waals surface area (Å²) in [7, 11) is 0. The van der Waals surface area contributed by atoms with Crippen LogP contribution in [0.15, 0.2) is 60.0 Å². The number of nitrogens with one attached hydrogen (secondary N) is 1. The van der Waals surface area contributed by atoms with Gasteiger partial charge in [0.2, 0.25) is 0 Å². The van der Waals surface area contributed by atoms with Crippen molar-refractivity contribution in [1.82, 2.24) is 14.9 Å². The quantitative estimate of drug-likeness (QED) is 0.504. The predicted octanol–water partition coefficient (Wildman–Crippen LogP) is 4.07. The number of halogens is 2. The molecule has 2 N–H and O–H groups in total. The molecule has 0 fully saturated rings. The molecule has 0 aliphatic carbocycles. The average molecular weight is 452 g/mol. The van der Waals surface area contributed by atoms with E-state index in [1.807, 2.05) is 23.1 Å². The zero-order valence-corrected chi connectivity index (χ0v) is 17.8. The predicted molar refractivity (Wildman–Crippen MR) is 116 cm³/mol. The van der Waals surface area contributed by atoms with E-state index >= 15 is 0 Å². The molecule has 0 bridgehead atoms. The van der Waals surface area contributed by atoms with Gasteiger partial charge in [-0.05, 0) is 36.6 Å². The molecule has 1 atom stereocenters. The number of rotatable bonds is 8. The zero-order valence-electron chi connectivity index (χ0n) is 15.5. The summed E-state index contributed by atoms with van der Waals surface area (Å²) in [5.74, 6) is 0.0830. The summed E-state index contributed by atoms with van der Waals surface area (Å²) in [6.07, 6.45) is 4.58. The minimum Gasteiger partial charge on any atom is -0.489 e. The number of hydrogen-bond acceptors (Lipinski definition) is 5. The number of carbonyl (C=O) groups excluding carboxylic acids is 1. The van der Waals surface area contributed by atoms with Gasteiger partial charge in [-0.1, -0.05) is 47.1 Å². The van der Waals surface area contributed by atoms with Gasteiger partial charge in [0.1, 0.15) is 23.5 Å². The fourth-order valence-corrected chi connectivity index (χ4v) is 3.46. The molecule has 3 aromatic rings. The molecule has 2 aromatic carbocycles. The molecule has 3 rings (SSSR count). The lowest BCUT2D eigenvalue weighted by Crippen LogP contribution is -2.35. The molecule has 0 aliphatic heterocycles. The molecule has 0 radical (unpaired) electrons. The zero-order chi connectivity index (χ0) is 20.8. The third-order valence-corrected chi connectivity index (χ3v) is 5.49. The molecule has 1 heterocycles. The number of aliphatic hydroxyl groups excluding tert-OH is 1. The normalized spacial score (nSPS) is 11.9. The molecule has 1 amide bonds. The van der Waals surface area contributed by atoms with E-state index in [1.54, 1.807) is 42.6 Å². The summed E-state index contributed by atoms with van der Waals surface area (Å²) in [6, 6.07) is 12.2. The topological polar surface area (TPSA) is 76.4 Å². The fourth-order valence-electron chi connectivity index (χ4n) is 2.59. The van der Waals surface area contributed by atoms with Crippen molar-refractivity contribution in [2.45, 2.75) is 11.3 Å². The lowest BCUT2D eigenvalue weighted by molar-refractivity contribution is 0.0844. The monoisotopic (exact) mass is 451 g/mol. The fraction of sp³-hybridized carbons (Fsp3) is 0.200. The van der Waals surface area contributed by atoms with Crippen LogP contribution in [0.3, 0.4) is 0 Å². The highest BCUT2D eigenvalue weighted by Crippen LogP contribution is 2.31. The van der Waals surface area contributed by atoms with Crippen LogP contribution < -0.4 is 10.1 Å². The number of aromatic nitrogens is 2. The van der Waals surface area contributed by atoms with Gasteiger partial charge < -0.3 is 15.2 Å². The molecule has 0 saturated carbocycles. The molecule has 0 aliphatic rings. The molecule has 1 unspecified atom stereocenters. The lowest BCUT2D eigenvalue weighted by atomic mass is 10.2. The third kappa shape index (κ3) is 5.45. The highest BCUT2D eigenvalue weighted by molar-refractivity contribution is 7.98. The molecule has 9 heteroatoms. The Balaban J connectivity index is 1.56. The lowest BCUT2D eigenvalue weighted by Gasteiger charge is -2.15. The average Bonchev–Trinajstić information content (AvgIpc) is 3.22. The molecule has 29 heavy (non-hydrogen) atoms. The molecular weight excluding hydrogens is 433 g/mol. The maximum atomic E-state index is 12.5. The first-order chi connectivity index (χ1) is 14.0. The van der Waals surface area contributed by atoms with Crippen molar-refractivity contribution in [2.24, 2.45) is 0 Å². The van der Waals surface area contributed by atoms with E-state index in [0.29, 0.717) is 16.3 Å². The van der Waals surface area contributed by atoms with E-state index in [0.717, 1.165) is 10.8 Å². The number of thioether (sulfide) groups is 1. The number of nitrogens with zero attached hydrogens (tertiary/aromatic N) is 2. The van der Waals surface area contributed by atoms with E-state index in [1.165, 1.54) is 11.8 Å². The number of aliphatic hydroxyl groups is 1. The summed E-state index contributed by atoms with van der Waals surface area (Å²) in [4.78, 5) is 16.7. The van der Waals surface area contributed by atoms with Gasteiger partial charge in [-0.2, -0.15) is 0 Å². The second kappa shape index (κ2) is 10.0. The van der Waals surface area contributed by atoms with Crippen LogP contribution in [0.25, 0.3) is 5.69 Å².